The molecule has 5 heteroatoms. The molecule has 0 atom stereocenters. The number of methoxy groups -OCH3 is 1. The first-order valence-electron chi connectivity index (χ1n) is 4.10. The third-order valence-electron chi connectivity index (χ3n) is 1.61. The van der Waals surface area contributed by atoms with Gasteiger partial charge in [0.05, 0.1) is 12.5 Å². The van der Waals surface area contributed by atoms with Gasteiger partial charge in [0.15, 0.2) is 5.82 Å². The summed E-state index contributed by atoms with van der Waals surface area (Å²) >= 11 is 5.52. The Morgan fingerprint density at radius 3 is 2.93 bits per heavy atom. The van der Waals surface area contributed by atoms with Gasteiger partial charge in [-0.2, -0.15) is 0 Å². The van der Waals surface area contributed by atoms with E-state index in [0.717, 1.165) is 0 Å². The third kappa shape index (κ3) is 2.82. The number of pyridine rings is 1. The van der Waals surface area contributed by atoms with Gasteiger partial charge in [-0.25, -0.2) is 9.37 Å². The number of nitrogens with zero attached hydrogens (tertiary/aromatic N) is 1. The van der Waals surface area contributed by atoms with E-state index in [9.17, 15) is 4.39 Å². The second-order valence-electron chi connectivity index (χ2n) is 2.56. The van der Waals surface area contributed by atoms with Crippen LogP contribution in [-0.2, 0) is 10.6 Å². The van der Waals surface area contributed by atoms with Crippen LogP contribution in [-0.4, -0.2) is 25.3 Å². The lowest BCUT2D eigenvalue weighted by atomic mass is 10.3. The van der Waals surface area contributed by atoms with Crippen molar-refractivity contribution in [3.63, 3.8) is 0 Å². The largest absolute Gasteiger partial charge is 0.473 e. The first kappa shape index (κ1) is 11.2. The molecule has 3 nitrogen and oxygen atoms in total. The molecule has 1 aromatic heterocycles. The molecule has 1 rings (SSSR count). The van der Waals surface area contributed by atoms with Crippen molar-refractivity contribution < 1.29 is 13.9 Å². The molecule has 0 aliphatic rings. The number of hydrogen-bond acceptors (Lipinski definition) is 3. The van der Waals surface area contributed by atoms with Gasteiger partial charge >= 0.3 is 0 Å². The van der Waals surface area contributed by atoms with Crippen LogP contribution in [0.5, 0.6) is 5.88 Å². The van der Waals surface area contributed by atoms with Crippen LogP contribution < -0.4 is 4.74 Å². The summed E-state index contributed by atoms with van der Waals surface area (Å²) in [6.07, 6.45) is 1.46. The van der Waals surface area contributed by atoms with E-state index in [1.54, 1.807) is 7.11 Å². The molecule has 0 unspecified atom stereocenters. The van der Waals surface area contributed by atoms with Crippen molar-refractivity contribution in [3.05, 3.63) is 23.6 Å². The summed E-state index contributed by atoms with van der Waals surface area (Å²) in [5.41, 5.74) is 0.383. The Balaban J connectivity index is 2.66. The summed E-state index contributed by atoms with van der Waals surface area (Å²) in [5, 5.41) is 0. The number of ether oxygens (including phenoxy) is 2. The van der Waals surface area contributed by atoms with Gasteiger partial charge in [-0.05, 0) is 6.07 Å². The van der Waals surface area contributed by atoms with Crippen LogP contribution in [0.15, 0.2) is 12.3 Å². The molecule has 0 spiro atoms. The molecule has 0 aliphatic heterocycles. The molecule has 0 radical (unpaired) electrons. The van der Waals surface area contributed by atoms with E-state index in [1.165, 1.54) is 12.3 Å². The second-order valence-corrected chi connectivity index (χ2v) is 2.83. The van der Waals surface area contributed by atoms with E-state index in [2.05, 4.69) is 4.98 Å². The van der Waals surface area contributed by atoms with E-state index in [0.29, 0.717) is 12.2 Å². The van der Waals surface area contributed by atoms with Gasteiger partial charge in [0.25, 0.3) is 5.88 Å². The topological polar surface area (TPSA) is 31.4 Å². The molecule has 0 aliphatic carbocycles. The molecule has 1 aromatic rings. The lowest BCUT2D eigenvalue weighted by molar-refractivity contribution is 0.141. The van der Waals surface area contributed by atoms with Crippen LogP contribution in [0, 0.1) is 5.82 Å². The molecule has 0 amide bonds. The summed E-state index contributed by atoms with van der Waals surface area (Å²) in [5.74, 6) is -0.423. The van der Waals surface area contributed by atoms with Crippen LogP contribution in [0.3, 0.4) is 0 Å². The maximum absolute atomic E-state index is 13.4. The van der Waals surface area contributed by atoms with Crippen molar-refractivity contribution in [3.8, 4) is 5.88 Å². The highest BCUT2D eigenvalue weighted by atomic mass is 35.5. The smallest absolute Gasteiger partial charge is 0.250 e. The molecule has 0 bridgehead atoms. The predicted molar refractivity (Wildman–Crippen MR) is 51.1 cm³/mol. The number of halogens is 2. The maximum atomic E-state index is 13.4. The van der Waals surface area contributed by atoms with Gasteiger partial charge in [0.2, 0.25) is 0 Å². The number of aromatic nitrogens is 1. The highest BCUT2D eigenvalue weighted by molar-refractivity contribution is 6.17. The first-order chi connectivity index (χ1) is 6.79. The summed E-state index contributed by atoms with van der Waals surface area (Å²) in [6.45, 7) is 0.665. The zero-order valence-corrected chi connectivity index (χ0v) is 8.55. The molecule has 0 aromatic carbocycles. The Morgan fingerprint density at radius 2 is 2.29 bits per heavy atom. The molecule has 0 fully saturated rings. The van der Waals surface area contributed by atoms with E-state index >= 15 is 0 Å². The average Bonchev–Trinajstić information content (AvgIpc) is 2.21. The lowest BCUT2D eigenvalue weighted by Crippen LogP contribution is -2.07. The van der Waals surface area contributed by atoms with Crippen LogP contribution in [0.4, 0.5) is 4.39 Å². The monoisotopic (exact) mass is 219 g/mol. The molecule has 1 heterocycles. The summed E-state index contributed by atoms with van der Waals surface area (Å²) in [6, 6.07) is 1.52. The fraction of sp³-hybridized carbons (Fsp3) is 0.444. The Morgan fingerprint density at radius 1 is 1.50 bits per heavy atom. The highest BCUT2D eigenvalue weighted by Gasteiger charge is 2.09. The van der Waals surface area contributed by atoms with Crippen molar-refractivity contribution in [1.82, 2.24) is 4.98 Å². The third-order valence-corrected chi connectivity index (χ3v) is 1.90. The van der Waals surface area contributed by atoms with Crippen molar-refractivity contribution in [2.24, 2.45) is 0 Å². The minimum atomic E-state index is -0.501. The Hall–Kier alpha value is -0.870. The Labute approximate surface area is 86.8 Å². The van der Waals surface area contributed by atoms with E-state index in [4.69, 9.17) is 21.1 Å². The van der Waals surface area contributed by atoms with Crippen LogP contribution in [0.1, 0.15) is 5.56 Å². The van der Waals surface area contributed by atoms with Gasteiger partial charge < -0.3 is 9.47 Å². The van der Waals surface area contributed by atoms with Crippen molar-refractivity contribution in [2.75, 3.05) is 20.3 Å². The molecule has 78 valence electrons. The molecule has 0 saturated carbocycles. The first-order valence-corrected chi connectivity index (χ1v) is 4.64. The fourth-order valence-corrected chi connectivity index (χ4v) is 1.09. The van der Waals surface area contributed by atoms with E-state index < -0.39 is 5.82 Å². The predicted octanol–water partition coefficient (Wildman–Crippen LogP) is 1.98. The van der Waals surface area contributed by atoms with Gasteiger partial charge in [0, 0.05) is 18.9 Å². The van der Waals surface area contributed by atoms with Gasteiger partial charge in [0.1, 0.15) is 6.61 Å². The zero-order chi connectivity index (χ0) is 10.4. The van der Waals surface area contributed by atoms with E-state index in [-0.39, 0.29) is 18.4 Å². The second kappa shape index (κ2) is 5.78. The number of alkyl halides is 1. The van der Waals surface area contributed by atoms with Crippen molar-refractivity contribution in [1.29, 1.82) is 0 Å². The summed E-state index contributed by atoms with van der Waals surface area (Å²) in [4.78, 5) is 3.75. The summed E-state index contributed by atoms with van der Waals surface area (Å²) in [7, 11) is 1.54. The molecular weight excluding hydrogens is 209 g/mol. The molecule has 14 heavy (non-hydrogen) atoms. The Kier molecular flexibility index (Phi) is 4.62. The standard InChI is InChI=1S/C9H11ClFNO2/c1-13-4-5-14-9-8(11)7(6-10)2-3-12-9/h2-3H,4-6H2,1H3. The number of rotatable bonds is 5. The molecular formula is C9H11ClFNO2. The van der Waals surface area contributed by atoms with Crippen molar-refractivity contribution in [2.45, 2.75) is 5.88 Å². The van der Waals surface area contributed by atoms with Crippen LogP contribution in [0.2, 0.25) is 0 Å². The van der Waals surface area contributed by atoms with Crippen molar-refractivity contribution >= 4 is 11.6 Å². The summed E-state index contributed by atoms with van der Waals surface area (Å²) < 4.78 is 23.2. The average molecular weight is 220 g/mol. The Bertz CT molecular complexity index is 296. The van der Waals surface area contributed by atoms with Crippen LogP contribution >= 0.6 is 11.6 Å². The zero-order valence-electron chi connectivity index (χ0n) is 7.80. The van der Waals surface area contributed by atoms with Gasteiger partial charge in [-0.3, -0.25) is 0 Å². The van der Waals surface area contributed by atoms with Crippen LogP contribution in [0.25, 0.3) is 0 Å². The quantitative estimate of drug-likeness (QED) is 0.561. The minimum absolute atomic E-state index is 0.0276. The minimum Gasteiger partial charge on any atom is -0.473 e. The van der Waals surface area contributed by atoms with E-state index in [1.807, 2.05) is 0 Å². The van der Waals surface area contributed by atoms with Gasteiger partial charge in [-0.1, -0.05) is 0 Å². The lowest BCUT2D eigenvalue weighted by Gasteiger charge is -2.06. The number of hydrogen-bond donors (Lipinski definition) is 0. The maximum Gasteiger partial charge on any atom is 0.250 e. The fourth-order valence-electron chi connectivity index (χ4n) is 0.888. The molecule has 0 saturated heterocycles. The normalized spacial score (nSPS) is 10.2. The SMILES string of the molecule is COCCOc1nccc(CCl)c1F. The molecule has 0 N–H and O–H groups in total. The highest BCUT2D eigenvalue weighted by Crippen LogP contribution is 2.18. The van der Waals surface area contributed by atoms with Gasteiger partial charge in [-0.15, -0.1) is 11.6 Å².